The van der Waals surface area contributed by atoms with Crippen LogP contribution in [0.5, 0.6) is 0 Å². The summed E-state index contributed by atoms with van der Waals surface area (Å²) in [4.78, 5) is 25.1. The number of carbonyl (C=O) groups excluding carboxylic acids is 1. The number of hydrogen-bond acceptors (Lipinski definition) is 3. The number of likely N-dealkylation sites (tertiary alicyclic amines) is 1. The molecule has 1 fully saturated rings. The highest BCUT2D eigenvalue weighted by atomic mass is 19.1. The maximum Gasteiger partial charge on any atom is 0.308 e. The summed E-state index contributed by atoms with van der Waals surface area (Å²) in [5.74, 6) is -2.28. The van der Waals surface area contributed by atoms with Gasteiger partial charge in [-0.2, -0.15) is 0 Å². The van der Waals surface area contributed by atoms with E-state index in [2.05, 4.69) is 0 Å². The number of carboxylic acid groups (broad SMARTS) is 1. The molecule has 2 unspecified atom stereocenters. The number of methoxy groups -OCH3 is 1. The molecule has 1 amide bonds. The lowest BCUT2D eigenvalue weighted by molar-refractivity contribution is -0.152. The molecule has 0 spiro atoms. The first-order chi connectivity index (χ1) is 10.0. The van der Waals surface area contributed by atoms with Gasteiger partial charge in [0.25, 0.3) is 0 Å². The number of rotatable bonds is 5. The smallest absolute Gasteiger partial charge is 0.308 e. The standard InChI is InChI=1S/C15H18FNO4/c1-21-8-7-17-13(18)6-5-12(15(19)20)14(17)10-3-2-4-11(16)9-10/h2-4,9,12,14H,5-8H2,1H3,(H,19,20). The summed E-state index contributed by atoms with van der Waals surface area (Å²) in [6.07, 6.45) is 0.450. The number of hydrogen-bond donors (Lipinski definition) is 1. The lowest BCUT2D eigenvalue weighted by Gasteiger charge is -2.39. The van der Waals surface area contributed by atoms with Crippen LogP contribution in [-0.2, 0) is 14.3 Å². The molecule has 21 heavy (non-hydrogen) atoms. The zero-order valence-electron chi connectivity index (χ0n) is 11.8. The number of aliphatic carboxylic acids is 1. The van der Waals surface area contributed by atoms with Crippen LogP contribution in [0.4, 0.5) is 4.39 Å². The molecule has 1 heterocycles. The van der Waals surface area contributed by atoms with E-state index in [0.29, 0.717) is 18.7 Å². The van der Waals surface area contributed by atoms with Crippen LogP contribution in [0.2, 0.25) is 0 Å². The number of carbonyl (C=O) groups is 2. The molecule has 2 rings (SSSR count). The molecule has 1 aromatic rings. The number of benzene rings is 1. The zero-order chi connectivity index (χ0) is 15.4. The molecule has 1 N–H and O–H groups in total. The Morgan fingerprint density at radius 3 is 2.90 bits per heavy atom. The summed E-state index contributed by atoms with van der Waals surface area (Å²) in [5, 5.41) is 9.41. The molecule has 0 radical (unpaired) electrons. The quantitative estimate of drug-likeness (QED) is 0.900. The second kappa shape index (κ2) is 6.67. The lowest BCUT2D eigenvalue weighted by atomic mass is 9.84. The van der Waals surface area contributed by atoms with Crippen LogP contribution in [0.3, 0.4) is 0 Å². The fourth-order valence-electron chi connectivity index (χ4n) is 2.77. The van der Waals surface area contributed by atoms with Crippen molar-refractivity contribution in [1.29, 1.82) is 0 Å². The highest BCUT2D eigenvalue weighted by Crippen LogP contribution is 2.36. The number of amides is 1. The van der Waals surface area contributed by atoms with Crippen molar-refractivity contribution in [2.24, 2.45) is 5.92 Å². The molecule has 6 heteroatoms. The van der Waals surface area contributed by atoms with Crippen molar-refractivity contribution >= 4 is 11.9 Å². The summed E-state index contributed by atoms with van der Waals surface area (Å²) in [6.45, 7) is 0.601. The molecule has 0 bridgehead atoms. The van der Waals surface area contributed by atoms with Crippen LogP contribution >= 0.6 is 0 Å². The van der Waals surface area contributed by atoms with Crippen molar-refractivity contribution in [3.05, 3.63) is 35.6 Å². The van der Waals surface area contributed by atoms with E-state index >= 15 is 0 Å². The van der Waals surface area contributed by atoms with Gasteiger partial charge in [0, 0.05) is 20.1 Å². The van der Waals surface area contributed by atoms with Crippen molar-refractivity contribution in [3.8, 4) is 0 Å². The third-order valence-corrected chi connectivity index (χ3v) is 3.75. The van der Waals surface area contributed by atoms with Gasteiger partial charge in [0.15, 0.2) is 0 Å². The Kier molecular flexibility index (Phi) is 4.90. The molecule has 114 valence electrons. The topological polar surface area (TPSA) is 66.8 Å². The van der Waals surface area contributed by atoms with Crippen molar-refractivity contribution in [2.45, 2.75) is 18.9 Å². The van der Waals surface area contributed by atoms with E-state index in [0.717, 1.165) is 0 Å². The number of halogens is 1. The number of piperidine rings is 1. The van der Waals surface area contributed by atoms with Crippen LogP contribution in [-0.4, -0.2) is 42.1 Å². The Hall–Kier alpha value is -1.95. The maximum atomic E-state index is 13.5. The molecule has 1 aliphatic heterocycles. The third-order valence-electron chi connectivity index (χ3n) is 3.75. The van der Waals surface area contributed by atoms with Gasteiger partial charge in [-0.25, -0.2) is 4.39 Å². The lowest BCUT2D eigenvalue weighted by Crippen LogP contribution is -2.46. The first-order valence-corrected chi connectivity index (χ1v) is 6.81. The van der Waals surface area contributed by atoms with Gasteiger partial charge in [-0.15, -0.1) is 0 Å². The van der Waals surface area contributed by atoms with Crippen molar-refractivity contribution in [1.82, 2.24) is 4.90 Å². The van der Waals surface area contributed by atoms with Gasteiger partial charge in [0.2, 0.25) is 5.91 Å². The molecule has 0 saturated carbocycles. The first-order valence-electron chi connectivity index (χ1n) is 6.81. The van der Waals surface area contributed by atoms with Crippen LogP contribution in [0.25, 0.3) is 0 Å². The van der Waals surface area contributed by atoms with Crippen LogP contribution < -0.4 is 0 Å². The Morgan fingerprint density at radius 2 is 2.29 bits per heavy atom. The van der Waals surface area contributed by atoms with Crippen LogP contribution in [0.15, 0.2) is 24.3 Å². The van der Waals surface area contributed by atoms with Gasteiger partial charge >= 0.3 is 5.97 Å². The summed E-state index contributed by atoms with van der Waals surface area (Å²) < 4.78 is 18.4. The van der Waals surface area contributed by atoms with Crippen molar-refractivity contribution in [2.75, 3.05) is 20.3 Å². The highest BCUT2D eigenvalue weighted by Gasteiger charge is 2.40. The second-order valence-electron chi connectivity index (χ2n) is 5.06. The number of carboxylic acids is 1. The monoisotopic (exact) mass is 295 g/mol. The third kappa shape index (κ3) is 3.39. The highest BCUT2D eigenvalue weighted by molar-refractivity contribution is 5.81. The maximum absolute atomic E-state index is 13.5. The Balaban J connectivity index is 2.38. The summed E-state index contributed by atoms with van der Waals surface area (Å²) in [7, 11) is 1.51. The summed E-state index contributed by atoms with van der Waals surface area (Å²) >= 11 is 0. The minimum atomic E-state index is -0.973. The molecule has 0 aliphatic carbocycles. The van der Waals surface area contributed by atoms with Gasteiger partial charge in [-0.05, 0) is 24.1 Å². The minimum Gasteiger partial charge on any atom is -0.481 e. The molecular weight excluding hydrogens is 277 g/mol. The van der Waals surface area contributed by atoms with Gasteiger partial charge in [0.1, 0.15) is 5.82 Å². The molecule has 1 saturated heterocycles. The molecule has 2 atom stereocenters. The van der Waals surface area contributed by atoms with Crippen molar-refractivity contribution in [3.63, 3.8) is 0 Å². The Morgan fingerprint density at radius 1 is 1.52 bits per heavy atom. The number of nitrogens with zero attached hydrogens (tertiary/aromatic N) is 1. The molecule has 1 aromatic carbocycles. The Bertz CT molecular complexity index is 534. The van der Waals surface area contributed by atoms with Crippen molar-refractivity contribution < 1.29 is 23.8 Å². The summed E-state index contributed by atoms with van der Waals surface area (Å²) in [6, 6.07) is 5.11. The zero-order valence-corrected chi connectivity index (χ0v) is 11.8. The minimum absolute atomic E-state index is 0.126. The molecular formula is C15H18FNO4. The van der Waals surface area contributed by atoms with Gasteiger partial charge in [-0.3, -0.25) is 9.59 Å². The fourth-order valence-corrected chi connectivity index (χ4v) is 2.77. The van der Waals surface area contributed by atoms with Gasteiger partial charge < -0.3 is 14.7 Å². The number of ether oxygens (including phenoxy) is 1. The predicted octanol–water partition coefficient (Wildman–Crippen LogP) is 1.84. The van der Waals surface area contributed by atoms with E-state index in [4.69, 9.17) is 4.74 Å². The van der Waals surface area contributed by atoms with E-state index < -0.39 is 23.7 Å². The van der Waals surface area contributed by atoms with E-state index in [1.807, 2.05) is 0 Å². The Labute approximate surface area is 122 Å². The average molecular weight is 295 g/mol. The molecule has 1 aliphatic rings. The average Bonchev–Trinajstić information content (AvgIpc) is 2.45. The van der Waals surface area contributed by atoms with Gasteiger partial charge in [-0.1, -0.05) is 12.1 Å². The molecule has 5 nitrogen and oxygen atoms in total. The second-order valence-corrected chi connectivity index (χ2v) is 5.06. The van der Waals surface area contributed by atoms with Gasteiger partial charge in [0.05, 0.1) is 18.6 Å². The first kappa shape index (κ1) is 15.4. The normalized spacial score (nSPS) is 22.4. The SMILES string of the molecule is COCCN1C(=O)CCC(C(=O)O)C1c1cccc(F)c1. The molecule has 0 aromatic heterocycles. The largest absolute Gasteiger partial charge is 0.481 e. The van der Waals surface area contributed by atoms with Crippen LogP contribution in [0, 0.1) is 11.7 Å². The summed E-state index contributed by atoms with van der Waals surface area (Å²) in [5.41, 5.74) is 0.506. The van der Waals surface area contributed by atoms with E-state index in [-0.39, 0.29) is 18.7 Å². The predicted molar refractivity (Wildman–Crippen MR) is 73.1 cm³/mol. The van der Waals surface area contributed by atoms with Crippen LogP contribution in [0.1, 0.15) is 24.4 Å². The fraction of sp³-hybridized carbons (Fsp3) is 0.467. The van der Waals surface area contributed by atoms with E-state index in [9.17, 15) is 19.1 Å². The van der Waals surface area contributed by atoms with E-state index in [1.165, 1.54) is 30.2 Å². The van der Waals surface area contributed by atoms with E-state index in [1.54, 1.807) is 6.07 Å².